The highest BCUT2D eigenvalue weighted by molar-refractivity contribution is 6.11. The Kier molecular flexibility index (Phi) is 4.80. The fourth-order valence-electron chi connectivity index (χ4n) is 2.90. The Hall–Kier alpha value is -2.81. The van der Waals surface area contributed by atoms with E-state index in [-0.39, 0.29) is 5.78 Å². The Morgan fingerprint density at radius 3 is 2.62 bits per heavy atom. The molecule has 0 amide bonds. The number of benzene rings is 2. The quantitative estimate of drug-likeness (QED) is 0.780. The molecule has 3 heteroatoms. The van der Waals surface area contributed by atoms with Crippen molar-refractivity contribution in [3.8, 4) is 11.5 Å². The van der Waals surface area contributed by atoms with E-state index in [4.69, 9.17) is 9.47 Å². The minimum absolute atomic E-state index is 0.0832. The zero-order valence-corrected chi connectivity index (χ0v) is 13.9. The van der Waals surface area contributed by atoms with Crippen LogP contribution in [0.5, 0.6) is 11.5 Å². The Bertz CT molecular complexity index is 816. The number of hydrogen-bond donors (Lipinski definition) is 0. The van der Waals surface area contributed by atoms with E-state index in [0.29, 0.717) is 5.75 Å². The molecular formula is C21H20O3. The summed E-state index contributed by atoms with van der Waals surface area (Å²) in [7, 11) is 3.27. The maximum atomic E-state index is 12.7. The van der Waals surface area contributed by atoms with Crippen LogP contribution in [0, 0.1) is 0 Å². The molecule has 0 N–H and O–H groups in total. The lowest BCUT2D eigenvalue weighted by atomic mass is 9.86. The van der Waals surface area contributed by atoms with Crippen LogP contribution in [0.3, 0.4) is 0 Å². The average molecular weight is 320 g/mol. The zero-order valence-electron chi connectivity index (χ0n) is 13.9. The summed E-state index contributed by atoms with van der Waals surface area (Å²) in [6.07, 6.45) is 7.40. The number of fused-ring (bicyclic) bond motifs is 1. The maximum absolute atomic E-state index is 12.7. The molecule has 0 saturated carbocycles. The Morgan fingerprint density at radius 1 is 1.00 bits per heavy atom. The van der Waals surface area contributed by atoms with Crippen molar-refractivity contribution in [3.63, 3.8) is 0 Å². The second kappa shape index (κ2) is 7.18. The zero-order chi connectivity index (χ0) is 16.9. The third-order valence-electron chi connectivity index (χ3n) is 4.23. The summed E-state index contributed by atoms with van der Waals surface area (Å²) < 4.78 is 10.6. The third kappa shape index (κ3) is 3.25. The van der Waals surface area contributed by atoms with E-state index in [1.165, 1.54) is 0 Å². The molecule has 3 nitrogen and oxygen atoms in total. The summed E-state index contributed by atoms with van der Waals surface area (Å²) in [6.45, 7) is 0. The van der Waals surface area contributed by atoms with Crippen molar-refractivity contribution < 1.29 is 14.3 Å². The monoisotopic (exact) mass is 320 g/mol. The van der Waals surface area contributed by atoms with Crippen LogP contribution >= 0.6 is 0 Å². The Labute approximate surface area is 142 Å². The Morgan fingerprint density at radius 2 is 1.83 bits per heavy atom. The molecule has 1 aliphatic rings. The summed E-state index contributed by atoms with van der Waals surface area (Å²) in [4.78, 5) is 12.7. The molecule has 3 rings (SSSR count). The highest BCUT2D eigenvalue weighted by Crippen LogP contribution is 2.28. The van der Waals surface area contributed by atoms with E-state index in [1.54, 1.807) is 14.2 Å². The predicted molar refractivity (Wildman–Crippen MR) is 95.8 cm³/mol. The van der Waals surface area contributed by atoms with Gasteiger partial charge in [0.1, 0.15) is 11.5 Å². The van der Waals surface area contributed by atoms with Gasteiger partial charge >= 0.3 is 0 Å². The summed E-state index contributed by atoms with van der Waals surface area (Å²) in [5, 5.41) is 0. The van der Waals surface area contributed by atoms with Crippen molar-refractivity contribution in [2.24, 2.45) is 0 Å². The van der Waals surface area contributed by atoms with Gasteiger partial charge in [0.25, 0.3) is 0 Å². The van der Waals surface area contributed by atoms with Crippen molar-refractivity contribution in [1.29, 1.82) is 0 Å². The smallest absolute Gasteiger partial charge is 0.189 e. The number of rotatable bonds is 4. The SMILES string of the molecule is COc1ccc2c(c1)C(=O)C(=CC=Cc1ccccc1OC)CC2. The van der Waals surface area contributed by atoms with Gasteiger partial charge in [-0.2, -0.15) is 0 Å². The molecule has 0 heterocycles. The highest BCUT2D eigenvalue weighted by Gasteiger charge is 2.21. The molecule has 0 aliphatic heterocycles. The molecule has 24 heavy (non-hydrogen) atoms. The van der Waals surface area contributed by atoms with E-state index in [1.807, 2.05) is 60.7 Å². The summed E-state index contributed by atoms with van der Waals surface area (Å²) in [5.41, 5.74) is 3.65. The van der Waals surface area contributed by atoms with E-state index in [9.17, 15) is 4.79 Å². The van der Waals surface area contributed by atoms with Crippen LogP contribution in [0.2, 0.25) is 0 Å². The van der Waals surface area contributed by atoms with Gasteiger partial charge in [0.2, 0.25) is 0 Å². The number of Topliss-reactive ketones (excluding diaryl/α,β-unsaturated/α-hetero) is 1. The molecule has 0 aromatic heterocycles. The fraction of sp³-hybridized carbons (Fsp3) is 0.190. The van der Waals surface area contributed by atoms with Gasteiger partial charge in [0, 0.05) is 16.7 Å². The van der Waals surface area contributed by atoms with Crippen molar-refractivity contribution in [3.05, 3.63) is 76.9 Å². The van der Waals surface area contributed by atoms with E-state index < -0.39 is 0 Å². The van der Waals surface area contributed by atoms with Gasteiger partial charge in [-0.25, -0.2) is 0 Å². The van der Waals surface area contributed by atoms with Crippen LogP contribution in [0.15, 0.2) is 60.2 Å². The minimum Gasteiger partial charge on any atom is -0.497 e. The highest BCUT2D eigenvalue weighted by atomic mass is 16.5. The number of carbonyl (C=O) groups is 1. The molecule has 0 unspecified atom stereocenters. The molecule has 0 radical (unpaired) electrons. The molecule has 0 spiro atoms. The topological polar surface area (TPSA) is 35.5 Å². The predicted octanol–water partition coefficient (Wildman–Crippen LogP) is 4.47. The summed E-state index contributed by atoms with van der Waals surface area (Å²) in [5.74, 6) is 1.62. The van der Waals surface area contributed by atoms with Gasteiger partial charge in [-0.15, -0.1) is 0 Å². The normalized spacial score (nSPS) is 15.6. The van der Waals surface area contributed by atoms with Crippen molar-refractivity contribution >= 4 is 11.9 Å². The lowest BCUT2D eigenvalue weighted by Gasteiger charge is -2.17. The molecule has 122 valence electrons. The largest absolute Gasteiger partial charge is 0.497 e. The van der Waals surface area contributed by atoms with E-state index in [0.717, 1.165) is 40.9 Å². The van der Waals surface area contributed by atoms with Crippen LogP contribution < -0.4 is 9.47 Å². The standard InChI is InChI=1S/C21H20O3/c1-23-18-13-12-15-10-11-17(21(22)19(15)14-18)8-5-7-16-6-3-4-9-20(16)24-2/h3-9,12-14H,10-11H2,1-2H3. The van der Waals surface area contributed by atoms with Crippen molar-refractivity contribution in [2.75, 3.05) is 14.2 Å². The minimum atomic E-state index is 0.0832. The van der Waals surface area contributed by atoms with E-state index >= 15 is 0 Å². The lowest BCUT2D eigenvalue weighted by Crippen LogP contribution is -2.14. The number of ketones is 1. The number of allylic oxidation sites excluding steroid dienone is 3. The van der Waals surface area contributed by atoms with Gasteiger partial charge in [-0.1, -0.05) is 42.5 Å². The fourth-order valence-corrected chi connectivity index (χ4v) is 2.90. The third-order valence-corrected chi connectivity index (χ3v) is 4.23. The molecule has 1 aliphatic carbocycles. The number of hydrogen-bond acceptors (Lipinski definition) is 3. The first kappa shape index (κ1) is 16.1. The van der Waals surface area contributed by atoms with Crippen LogP contribution in [0.1, 0.15) is 27.9 Å². The molecule has 2 aromatic carbocycles. The number of para-hydroxylation sites is 1. The summed E-state index contributed by atoms with van der Waals surface area (Å²) in [6, 6.07) is 13.5. The first-order valence-corrected chi connectivity index (χ1v) is 7.95. The first-order valence-electron chi connectivity index (χ1n) is 7.95. The second-order valence-electron chi connectivity index (χ2n) is 5.65. The van der Waals surface area contributed by atoms with Crippen LogP contribution in [0.4, 0.5) is 0 Å². The maximum Gasteiger partial charge on any atom is 0.189 e. The molecule has 0 bridgehead atoms. The molecule has 0 atom stereocenters. The number of aryl methyl sites for hydroxylation is 1. The lowest BCUT2D eigenvalue weighted by molar-refractivity contribution is 0.102. The van der Waals surface area contributed by atoms with Gasteiger partial charge in [0.05, 0.1) is 14.2 Å². The first-order chi connectivity index (χ1) is 11.7. The number of carbonyl (C=O) groups excluding carboxylic acids is 1. The summed E-state index contributed by atoms with van der Waals surface area (Å²) >= 11 is 0. The van der Waals surface area contributed by atoms with Gasteiger partial charge < -0.3 is 9.47 Å². The number of ether oxygens (including phenoxy) is 2. The number of methoxy groups -OCH3 is 2. The molecule has 0 saturated heterocycles. The van der Waals surface area contributed by atoms with Gasteiger partial charge in [-0.3, -0.25) is 4.79 Å². The second-order valence-corrected chi connectivity index (χ2v) is 5.65. The van der Waals surface area contributed by atoms with E-state index in [2.05, 4.69) is 0 Å². The van der Waals surface area contributed by atoms with Crippen LogP contribution in [-0.2, 0) is 6.42 Å². The Balaban J connectivity index is 1.84. The van der Waals surface area contributed by atoms with Crippen LogP contribution in [-0.4, -0.2) is 20.0 Å². The average Bonchev–Trinajstić information content (AvgIpc) is 2.63. The molecular weight excluding hydrogens is 300 g/mol. The van der Waals surface area contributed by atoms with Crippen molar-refractivity contribution in [2.45, 2.75) is 12.8 Å². The molecule has 0 fully saturated rings. The van der Waals surface area contributed by atoms with Crippen LogP contribution in [0.25, 0.3) is 6.08 Å². The van der Waals surface area contributed by atoms with Gasteiger partial charge in [-0.05, 0) is 36.6 Å². The van der Waals surface area contributed by atoms with Gasteiger partial charge in [0.15, 0.2) is 5.78 Å². The molecule has 2 aromatic rings. The van der Waals surface area contributed by atoms with Crippen molar-refractivity contribution in [1.82, 2.24) is 0 Å².